The summed E-state index contributed by atoms with van der Waals surface area (Å²) in [4.78, 5) is 27.2. The monoisotopic (exact) mass is 368 g/mol. The topological polar surface area (TPSA) is 62.6 Å². The number of benzene rings is 1. The first-order valence-corrected chi connectivity index (χ1v) is 9.72. The molecular weight excluding hydrogens is 340 g/mol. The lowest BCUT2D eigenvalue weighted by Crippen LogP contribution is -2.52. The van der Waals surface area contributed by atoms with Crippen molar-refractivity contribution in [3.05, 3.63) is 59.5 Å². The number of carbonyl (C=O) groups is 2. The highest BCUT2D eigenvalue weighted by atomic mass is 16.3. The van der Waals surface area contributed by atoms with Crippen LogP contribution in [0.25, 0.3) is 0 Å². The third-order valence-electron chi connectivity index (χ3n) is 5.26. The fourth-order valence-electron chi connectivity index (χ4n) is 3.55. The molecule has 2 aromatic rings. The fraction of sp³-hybridized carbons (Fsp3) is 0.455. The van der Waals surface area contributed by atoms with E-state index >= 15 is 0 Å². The minimum atomic E-state index is -0.450. The van der Waals surface area contributed by atoms with Gasteiger partial charge in [-0.1, -0.05) is 38.1 Å². The third kappa shape index (κ3) is 4.41. The molecule has 1 aliphatic rings. The highest BCUT2D eigenvalue weighted by molar-refractivity contribution is 5.95. The van der Waals surface area contributed by atoms with Gasteiger partial charge in [0.25, 0.3) is 5.91 Å². The summed E-state index contributed by atoms with van der Waals surface area (Å²) < 4.78 is 5.23. The van der Waals surface area contributed by atoms with Gasteiger partial charge in [-0.3, -0.25) is 9.59 Å². The number of nitrogens with one attached hydrogen (secondary N) is 1. The zero-order chi connectivity index (χ0) is 19.4. The van der Waals surface area contributed by atoms with E-state index in [9.17, 15) is 9.59 Å². The van der Waals surface area contributed by atoms with Crippen LogP contribution in [0.15, 0.2) is 47.1 Å². The van der Waals surface area contributed by atoms with Crippen molar-refractivity contribution in [3.8, 4) is 0 Å². The molecule has 2 amide bonds. The van der Waals surface area contributed by atoms with E-state index in [0.717, 1.165) is 18.4 Å². The Morgan fingerprint density at radius 2 is 1.78 bits per heavy atom. The molecule has 144 valence electrons. The van der Waals surface area contributed by atoms with Crippen LogP contribution in [0.4, 0.5) is 0 Å². The molecule has 0 spiro atoms. The van der Waals surface area contributed by atoms with Crippen molar-refractivity contribution < 1.29 is 14.0 Å². The molecule has 0 bridgehead atoms. The van der Waals surface area contributed by atoms with Crippen LogP contribution in [0.5, 0.6) is 0 Å². The van der Waals surface area contributed by atoms with E-state index in [1.165, 1.54) is 11.8 Å². The Kier molecular flexibility index (Phi) is 5.99. The number of hydrogen-bond donors (Lipinski definition) is 1. The quantitative estimate of drug-likeness (QED) is 0.857. The average molecular weight is 368 g/mol. The van der Waals surface area contributed by atoms with Crippen molar-refractivity contribution in [2.24, 2.45) is 0 Å². The molecule has 2 atom stereocenters. The van der Waals surface area contributed by atoms with Crippen molar-refractivity contribution >= 4 is 11.8 Å². The van der Waals surface area contributed by atoms with Crippen LogP contribution >= 0.6 is 0 Å². The summed E-state index contributed by atoms with van der Waals surface area (Å²) in [5.74, 6) is 0.447. The van der Waals surface area contributed by atoms with Crippen LogP contribution in [0.2, 0.25) is 0 Å². The van der Waals surface area contributed by atoms with Crippen LogP contribution in [0, 0.1) is 0 Å². The van der Waals surface area contributed by atoms with Crippen molar-refractivity contribution in [2.45, 2.75) is 58.0 Å². The smallest absolute Gasteiger partial charge is 0.290 e. The molecule has 2 unspecified atom stereocenters. The van der Waals surface area contributed by atoms with Gasteiger partial charge in [0.2, 0.25) is 5.91 Å². The van der Waals surface area contributed by atoms with Crippen LogP contribution in [-0.4, -0.2) is 29.3 Å². The molecule has 27 heavy (non-hydrogen) atoms. The van der Waals surface area contributed by atoms with Crippen LogP contribution in [0.1, 0.15) is 73.7 Å². The summed E-state index contributed by atoms with van der Waals surface area (Å²) >= 11 is 0. The van der Waals surface area contributed by atoms with Crippen molar-refractivity contribution in [1.82, 2.24) is 10.2 Å². The highest BCUT2D eigenvalue weighted by Crippen LogP contribution is 2.22. The van der Waals surface area contributed by atoms with E-state index in [0.29, 0.717) is 18.9 Å². The summed E-state index contributed by atoms with van der Waals surface area (Å²) in [6, 6.07) is 11.1. The Bertz CT molecular complexity index is 765. The predicted molar refractivity (Wildman–Crippen MR) is 104 cm³/mol. The van der Waals surface area contributed by atoms with Gasteiger partial charge in [-0.2, -0.15) is 0 Å². The van der Waals surface area contributed by atoms with Crippen molar-refractivity contribution in [2.75, 3.05) is 6.54 Å². The van der Waals surface area contributed by atoms with Crippen molar-refractivity contribution in [3.63, 3.8) is 0 Å². The average Bonchev–Trinajstić information content (AvgIpc) is 3.22. The van der Waals surface area contributed by atoms with Gasteiger partial charge in [-0.05, 0) is 55.4 Å². The van der Waals surface area contributed by atoms with E-state index in [2.05, 4.69) is 43.4 Å². The first-order chi connectivity index (χ1) is 13.0. The van der Waals surface area contributed by atoms with Gasteiger partial charge in [0.05, 0.1) is 12.3 Å². The van der Waals surface area contributed by atoms with E-state index < -0.39 is 6.04 Å². The molecule has 0 saturated carbocycles. The van der Waals surface area contributed by atoms with Gasteiger partial charge < -0.3 is 14.6 Å². The molecule has 1 aromatic heterocycles. The molecule has 5 nitrogen and oxygen atoms in total. The Morgan fingerprint density at radius 1 is 1.07 bits per heavy atom. The number of nitrogens with zero attached hydrogens (tertiary/aromatic N) is 1. The molecule has 3 rings (SSSR count). The van der Waals surface area contributed by atoms with Crippen LogP contribution in [0.3, 0.4) is 0 Å². The number of furan rings is 1. The first kappa shape index (κ1) is 19.2. The molecule has 1 saturated heterocycles. The standard InChI is InChI=1S/C22H28N2O3/c1-15(2)17-9-11-18(12-10-17)16(3)23-21(25)19-7-4-5-13-24(19)22(26)20-8-6-14-27-20/h6,8-12,14-16,19H,4-5,7,13H2,1-3H3,(H,23,25). The Balaban J connectivity index is 1.68. The minimum Gasteiger partial charge on any atom is -0.459 e. The third-order valence-corrected chi connectivity index (χ3v) is 5.26. The maximum Gasteiger partial charge on any atom is 0.290 e. The summed E-state index contributed by atoms with van der Waals surface area (Å²) in [5.41, 5.74) is 2.34. The Labute approximate surface area is 160 Å². The Morgan fingerprint density at radius 3 is 2.41 bits per heavy atom. The van der Waals surface area contributed by atoms with E-state index in [4.69, 9.17) is 4.42 Å². The number of rotatable bonds is 5. The summed E-state index contributed by atoms with van der Waals surface area (Å²) in [6.07, 6.45) is 4.01. The van der Waals surface area contributed by atoms with Crippen LogP contribution < -0.4 is 5.32 Å². The predicted octanol–water partition coefficient (Wildman–Crippen LogP) is 4.28. The second-order valence-corrected chi connectivity index (χ2v) is 7.54. The lowest BCUT2D eigenvalue weighted by Gasteiger charge is -2.34. The molecule has 0 aliphatic carbocycles. The van der Waals surface area contributed by atoms with E-state index in [1.54, 1.807) is 17.0 Å². The van der Waals surface area contributed by atoms with Crippen molar-refractivity contribution in [1.29, 1.82) is 0 Å². The number of likely N-dealkylation sites (tertiary alicyclic amines) is 1. The number of amides is 2. The van der Waals surface area contributed by atoms with Gasteiger partial charge >= 0.3 is 0 Å². The SMILES string of the molecule is CC(C)c1ccc(C(C)NC(=O)C2CCCCN2C(=O)c2ccco2)cc1. The Hall–Kier alpha value is -2.56. The van der Waals surface area contributed by atoms with Gasteiger partial charge in [0.1, 0.15) is 6.04 Å². The van der Waals surface area contributed by atoms with Gasteiger partial charge in [-0.15, -0.1) is 0 Å². The normalized spacial score (nSPS) is 18.4. The zero-order valence-electron chi connectivity index (χ0n) is 16.3. The largest absolute Gasteiger partial charge is 0.459 e. The maximum atomic E-state index is 12.9. The molecule has 2 heterocycles. The number of carbonyl (C=O) groups excluding carboxylic acids is 2. The summed E-state index contributed by atoms with van der Waals surface area (Å²) in [5, 5.41) is 3.08. The first-order valence-electron chi connectivity index (χ1n) is 9.72. The molecule has 1 N–H and O–H groups in total. The molecule has 1 aromatic carbocycles. The summed E-state index contributed by atoms with van der Waals surface area (Å²) in [7, 11) is 0. The maximum absolute atomic E-state index is 12.9. The van der Waals surface area contributed by atoms with E-state index in [-0.39, 0.29) is 23.6 Å². The van der Waals surface area contributed by atoms with Gasteiger partial charge in [0.15, 0.2) is 5.76 Å². The molecule has 5 heteroatoms. The lowest BCUT2D eigenvalue weighted by molar-refractivity contribution is -0.127. The zero-order valence-corrected chi connectivity index (χ0v) is 16.3. The second-order valence-electron chi connectivity index (χ2n) is 7.54. The molecule has 1 fully saturated rings. The van der Waals surface area contributed by atoms with E-state index in [1.807, 2.05) is 6.92 Å². The fourth-order valence-corrected chi connectivity index (χ4v) is 3.55. The van der Waals surface area contributed by atoms with Crippen LogP contribution in [-0.2, 0) is 4.79 Å². The second kappa shape index (κ2) is 8.42. The van der Waals surface area contributed by atoms with Gasteiger partial charge in [-0.25, -0.2) is 0 Å². The lowest BCUT2D eigenvalue weighted by atomic mass is 9.98. The van der Waals surface area contributed by atoms with Gasteiger partial charge in [0, 0.05) is 6.54 Å². The minimum absolute atomic E-state index is 0.102. The molecule has 0 radical (unpaired) electrons. The number of hydrogen-bond acceptors (Lipinski definition) is 3. The highest BCUT2D eigenvalue weighted by Gasteiger charge is 2.34. The summed E-state index contributed by atoms with van der Waals surface area (Å²) in [6.45, 7) is 6.88. The molecular formula is C22H28N2O3. The number of piperidine rings is 1. The molecule has 1 aliphatic heterocycles.